The molecule has 0 spiro atoms. The van der Waals surface area contributed by atoms with Gasteiger partial charge in [-0.25, -0.2) is 9.78 Å². The van der Waals surface area contributed by atoms with E-state index in [1.165, 1.54) is 59.0 Å². The van der Waals surface area contributed by atoms with Crippen LogP contribution in [0.2, 0.25) is 0 Å². The molecule has 1 saturated heterocycles. The summed E-state index contributed by atoms with van der Waals surface area (Å²) < 4.78 is 0.695. The highest BCUT2D eigenvalue weighted by Crippen LogP contribution is 2.41. The lowest BCUT2D eigenvalue weighted by atomic mass is 10.0. The number of nitrogens with one attached hydrogen (secondary N) is 2. The largest absolute Gasteiger partial charge is 0.477 e. The predicted molar refractivity (Wildman–Crippen MR) is 128 cm³/mol. The molecule has 0 aliphatic carbocycles. The van der Waals surface area contributed by atoms with Gasteiger partial charge in [0.05, 0.1) is 0 Å². The van der Waals surface area contributed by atoms with Crippen LogP contribution in [-0.2, 0) is 24.0 Å². The number of carbonyl (C=O) groups excluding carboxylic acids is 3. The number of anilines is 1. The van der Waals surface area contributed by atoms with Crippen LogP contribution >= 0.6 is 34.9 Å². The first-order chi connectivity index (χ1) is 16.9. The summed E-state index contributed by atoms with van der Waals surface area (Å²) >= 11 is 4.04. The summed E-state index contributed by atoms with van der Waals surface area (Å²) in [6.45, 7) is 0. The van der Waals surface area contributed by atoms with Crippen molar-refractivity contribution in [1.29, 1.82) is 0 Å². The quantitative estimate of drug-likeness (QED) is 0.126. The van der Waals surface area contributed by atoms with E-state index in [0.717, 1.165) is 0 Å². The number of amides is 3. The highest BCUT2D eigenvalue weighted by Gasteiger charge is 2.54. The number of rotatable bonds is 10. The maximum atomic E-state index is 13.0. The summed E-state index contributed by atoms with van der Waals surface area (Å²) in [4.78, 5) is 58.7. The molecule has 1 fully saturated rings. The molecule has 0 saturated carbocycles. The molecule has 0 radical (unpaired) electrons. The third-order valence-corrected chi connectivity index (χ3v) is 8.13. The Hall–Kier alpha value is -3.50. The monoisotopic (exact) mass is 535 g/mol. The van der Waals surface area contributed by atoms with Crippen molar-refractivity contribution in [2.24, 2.45) is 5.16 Å². The van der Waals surface area contributed by atoms with Crippen molar-refractivity contribution in [3.63, 3.8) is 0 Å². The molecule has 4 rings (SSSR count). The lowest BCUT2D eigenvalue weighted by Crippen LogP contribution is -2.71. The van der Waals surface area contributed by atoms with Gasteiger partial charge in [-0.3, -0.25) is 19.3 Å². The van der Waals surface area contributed by atoms with E-state index in [9.17, 15) is 24.3 Å². The average molecular weight is 536 g/mol. The number of carboxylic acid groups (broad SMARTS) is 1. The molecule has 0 aromatic carbocycles. The second-order valence-corrected chi connectivity index (χ2v) is 10.1. The number of fused-ring (bicyclic) bond motifs is 1. The smallest absolute Gasteiger partial charge is 0.352 e. The second kappa shape index (κ2) is 10.8. The van der Waals surface area contributed by atoms with Gasteiger partial charge >= 0.3 is 5.97 Å². The van der Waals surface area contributed by atoms with Gasteiger partial charge in [-0.05, 0) is 17.7 Å². The molecule has 1 unspecified atom stereocenters. The summed E-state index contributed by atoms with van der Waals surface area (Å²) in [6, 6.07) is 3.61. The molecule has 13 nitrogen and oxygen atoms in total. The third-order valence-electron chi connectivity index (χ3n) is 4.84. The fourth-order valence-corrected chi connectivity index (χ4v) is 6.36. The first-order valence-electron chi connectivity index (χ1n) is 9.83. The summed E-state index contributed by atoms with van der Waals surface area (Å²) in [6.07, 6.45) is 0.440. The Morgan fingerprint density at radius 2 is 2.26 bits per heavy atom. The van der Waals surface area contributed by atoms with E-state index in [-0.39, 0.29) is 22.9 Å². The molecule has 3 N–H and O–H groups in total. The van der Waals surface area contributed by atoms with Crippen LogP contribution < -0.4 is 10.6 Å². The van der Waals surface area contributed by atoms with Gasteiger partial charge in [0.15, 0.2) is 10.1 Å². The Labute approximate surface area is 210 Å². The molecular weight excluding hydrogens is 518 g/mol. The molecule has 4 heterocycles. The Morgan fingerprint density at radius 3 is 2.94 bits per heavy atom. The number of hydrogen-bond acceptors (Lipinski definition) is 12. The molecule has 182 valence electrons. The number of pyridine rings is 1. The normalized spacial score (nSPS) is 19.5. The van der Waals surface area contributed by atoms with E-state index in [1.54, 1.807) is 11.6 Å². The minimum absolute atomic E-state index is 0.0821. The Bertz CT molecular complexity index is 1220. The number of β-lactam (4-membered cyclic amide) rings is 1. The van der Waals surface area contributed by atoms with Crippen molar-refractivity contribution < 1.29 is 29.1 Å². The molecular formula is C19H17N7O6S3. The van der Waals surface area contributed by atoms with Gasteiger partial charge in [-0.15, -0.1) is 22.0 Å². The standard InChI is InChI=1S/C19H17N7O6S3/c1-32-25-12(10-3-2-4-11(22-10)20-7-27)15(28)23-13-16(29)26-14(18(30)31)9(5-33-17(13)26)6-34-19-24-21-8-35-19/h2-4,7-8,13,17H,5-6H2,1H3,(H,23,28)(H,30,31)(H,20,22,27)/t13?,17-/m0/s1. The number of hydrogen-bond donors (Lipinski definition) is 3. The number of carboxylic acids is 1. The van der Waals surface area contributed by atoms with Gasteiger partial charge < -0.3 is 20.6 Å². The number of aromatic nitrogens is 3. The predicted octanol–water partition coefficient (Wildman–Crippen LogP) is 0.383. The molecule has 0 bridgehead atoms. The van der Waals surface area contributed by atoms with Crippen molar-refractivity contribution in [1.82, 2.24) is 25.4 Å². The molecule has 2 atom stereocenters. The lowest BCUT2D eigenvalue weighted by molar-refractivity contribution is -0.150. The van der Waals surface area contributed by atoms with Crippen molar-refractivity contribution in [2.45, 2.75) is 15.8 Å². The number of thioether (sulfide) groups is 2. The third kappa shape index (κ3) is 5.13. The first kappa shape index (κ1) is 24.6. The second-order valence-electron chi connectivity index (χ2n) is 6.90. The molecule has 2 aromatic heterocycles. The molecule has 2 aliphatic rings. The molecule has 3 amide bonds. The summed E-state index contributed by atoms with van der Waals surface area (Å²) in [5.74, 6) is -1.59. The molecule has 2 aliphatic heterocycles. The van der Waals surface area contributed by atoms with Gasteiger partial charge in [-0.2, -0.15) is 0 Å². The van der Waals surface area contributed by atoms with Crippen molar-refractivity contribution in [2.75, 3.05) is 23.9 Å². The van der Waals surface area contributed by atoms with Crippen LogP contribution in [0.15, 0.2) is 44.5 Å². The van der Waals surface area contributed by atoms with Crippen LogP contribution in [0.25, 0.3) is 0 Å². The van der Waals surface area contributed by atoms with E-state index in [1.807, 2.05) is 0 Å². The first-order valence-corrected chi connectivity index (χ1v) is 12.7. The Kier molecular flexibility index (Phi) is 7.62. The van der Waals surface area contributed by atoms with Crippen molar-refractivity contribution in [3.05, 3.63) is 40.7 Å². The van der Waals surface area contributed by atoms with E-state index in [4.69, 9.17) is 4.84 Å². The van der Waals surface area contributed by atoms with Crippen molar-refractivity contribution >= 4 is 70.6 Å². The lowest BCUT2D eigenvalue weighted by Gasteiger charge is -2.49. The van der Waals surface area contributed by atoms with Crippen molar-refractivity contribution in [3.8, 4) is 0 Å². The van der Waals surface area contributed by atoms with E-state index in [0.29, 0.717) is 27.8 Å². The minimum Gasteiger partial charge on any atom is -0.477 e. The summed E-state index contributed by atoms with van der Waals surface area (Å²) in [7, 11) is 1.25. The van der Waals surface area contributed by atoms with E-state index < -0.39 is 29.2 Å². The topological polar surface area (TPSA) is 176 Å². The van der Waals surface area contributed by atoms with Crippen LogP contribution in [0.1, 0.15) is 5.69 Å². The fourth-order valence-electron chi connectivity index (χ4n) is 3.38. The summed E-state index contributed by atoms with van der Waals surface area (Å²) in [5, 5.41) is 25.6. The van der Waals surface area contributed by atoms with Gasteiger partial charge in [-0.1, -0.05) is 34.3 Å². The number of aliphatic carboxylic acids is 1. The average Bonchev–Trinajstić information content (AvgIpc) is 3.37. The SMILES string of the molecule is CON=C(C(=O)NC1C(=O)N2C(C(=O)O)=C(CSc3nncs3)CS[C@@H]12)c1cccc(NC=O)n1. The van der Waals surface area contributed by atoms with Crippen LogP contribution in [0, 0.1) is 0 Å². The number of nitrogens with zero attached hydrogens (tertiary/aromatic N) is 5. The zero-order chi connectivity index (χ0) is 24.9. The maximum absolute atomic E-state index is 13.0. The van der Waals surface area contributed by atoms with Gasteiger partial charge in [0.1, 0.15) is 41.2 Å². The molecule has 16 heteroatoms. The Balaban J connectivity index is 1.50. The number of oxime groups is 1. The van der Waals surface area contributed by atoms with Gasteiger partial charge in [0, 0.05) is 11.5 Å². The molecule has 2 aromatic rings. The van der Waals surface area contributed by atoms with Crippen LogP contribution in [0.3, 0.4) is 0 Å². The highest BCUT2D eigenvalue weighted by molar-refractivity contribution is 8.01. The maximum Gasteiger partial charge on any atom is 0.352 e. The highest BCUT2D eigenvalue weighted by atomic mass is 32.2. The minimum atomic E-state index is -1.22. The van der Waals surface area contributed by atoms with Crippen LogP contribution in [0.4, 0.5) is 5.82 Å². The number of carbonyl (C=O) groups is 4. The van der Waals surface area contributed by atoms with Crippen LogP contribution in [-0.4, -0.2) is 85.1 Å². The zero-order valence-electron chi connectivity index (χ0n) is 17.9. The van der Waals surface area contributed by atoms with Gasteiger partial charge in [0.25, 0.3) is 11.8 Å². The fraction of sp³-hybridized carbons (Fsp3) is 0.263. The van der Waals surface area contributed by atoms with E-state index >= 15 is 0 Å². The van der Waals surface area contributed by atoms with Crippen LogP contribution in [0.5, 0.6) is 0 Å². The molecule has 35 heavy (non-hydrogen) atoms. The van der Waals surface area contributed by atoms with E-state index in [2.05, 4.69) is 31.0 Å². The zero-order valence-corrected chi connectivity index (χ0v) is 20.4. The Morgan fingerprint density at radius 1 is 1.43 bits per heavy atom. The van der Waals surface area contributed by atoms with Gasteiger partial charge in [0.2, 0.25) is 6.41 Å². The summed E-state index contributed by atoms with van der Waals surface area (Å²) in [5.41, 5.74) is 1.98.